The normalized spacial score (nSPS) is 30.0. The Morgan fingerprint density at radius 3 is 1.80 bits per heavy atom. The maximum atomic E-state index is 5.18. The molecular formula is HCl2NOP+. The molecule has 0 spiro atoms. The molecule has 1 fully saturated rings. The van der Waals surface area contributed by atoms with Crippen LogP contribution in [0.4, 0.5) is 0 Å². The lowest BCUT2D eigenvalue weighted by atomic mass is 13.6. The molecule has 0 radical (unpaired) electrons. The fraction of sp³-hybridized carbons (Fsp3) is 0. The zero-order valence-corrected chi connectivity index (χ0v) is 4.52. The van der Waals surface area contributed by atoms with E-state index in [-0.39, 0.29) is 0 Å². The fourth-order valence-electron chi connectivity index (χ4n) is 0.0309. The van der Waals surface area contributed by atoms with Crippen molar-refractivity contribution < 1.29 is 4.62 Å². The summed E-state index contributed by atoms with van der Waals surface area (Å²) < 4.78 is 4.29. The standard InChI is InChI=1S/Cl2HNOP/c1-5(2)3-4-5/h3H/q+1. The molecule has 30 valence electrons. The highest BCUT2D eigenvalue weighted by Gasteiger charge is 2.57. The van der Waals surface area contributed by atoms with Crippen LogP contribution < -0.4 is 5.25 Å². The molecule has 1 rings (SSSR count). The van der Waals surface area contributed by atoms with Gasteiger partial charge in [-0.3, -0.25) is 0 Å². The topological polar surface area (TPSA) is 34.5 Å². The van der Waals surface area contributed by atoms with Gasteiger partial charge in [0.05, 0.1) is 0 Å². The van der Waals surface area contributed by atoms with Gasteiger partial charge in [0.1, 0.15) is 0 Å². The first-order chi connectivity index (χ1) is 2.21. The minimum atomic E-state index is -1.94. The molecule has 0 bridgehead atoms. The van der Waals surface area contributed by atoms with E-state index in [4.69, 9.17) is 22.5 Å². The lowest BCUT2D eigenvalue weighted by Crippen LogP contribution is -1.52. The maximum Gasteiger partial charge on any atom is 0.467 e. The molecule has 1 aliphatic rings. The van der Waals surface area contributed by atoms with Gasteiger partial charge >= 0.3 is 6.35 Å². The van der Waals surface area contributed by atoms with Gasteiger partial charge in [0.25, 0.3) is 0 Å². The molecule has 1 aliphatic heterocycles. The highest BCUT2D eigenvalue weighted by molar-refractivity contribution is 8.15. The summed E-state index contributed by atoms with van der Waals surface area (Å²) in [6, 6.07) is 0. The summed E-state index contributed by atoms with van der Waals surface area (Å²) in [5, 5.41) is 2.32. The number of hydrogen-bond acceptors (Lipinski definition) is 2. The van der Waals surface area contributed by atoms with E-state index in [2.05, 4.69) is 9.88 Å². The first kappa shape index (κ1) is 4.10. The smallest absolute Gasteiger partial charge is 0.0532 e. The van der Waals surface area contributed by atoms with Crippen LogP contribution in [0.25, 0.3) is 0 Å². The highest BCUT2D eigenvalue weighted by Crippen LogP contribution is 2.77. The Bertz CT molecular complexity index is 47.6. The van der Waals surface area contributed by atoms with Gasteiger partial charge in [0.15, 0.2) is 22.5 Å². The average Bonchev–Trinajstić information content (AvgIpc) is 1.76. The zero-order valence-electron chi connectivity index (χ0n) is 2.11. The molecule has 1 saturated heterocycles. The third-order valence-corrected chi connectivity index (χ3v) is 1.52. The third kappa shape index (κ3) is 1.20. The molecule has 0 amide bonds. The molecule has 0 aliphatic carbocycles. The second kappa shape index (κ2) is 0.955. The summed E-state index contributed by atoms with van der Waals surface area (Å²) in [6.45, 7) is 0. The van der Waals surface area contributed by atoms with Crippen molar-refractivity contribution in [1.82, 2.24) is 5.25 Å². The quantitative estimate of drug-likeness (QED) is 0.402. The lowest BCUT2D eigenvalue weighted by Gasteiger charge is -1.52. The Morgan fingerprint density at radius 1 is 1.60 bits per heavy atom. The van der Waals surface area contributed by atoms with Crippen LogP contribution in [-0.4, -0.2) is 0 Å². The van der Waals surface area contributed by atoms with Crippen molar-refractivity contribution in [2.75, 3.05) is 0 Å². The Kier molecular flexibility index (Phi) is 0.783. The number of rotatable bonds is 0. The Hall–Kier alpha value is 0.930. The van der Waals surface area contributed by atoms with Gasteiger partial charge in [-0.1, -0.05) is 4.62 Å². The van der Waals surface area contributed by atoms with Crippen LogP contribution in [0, 0.1) is 0 Å². The molecule has 2 nitrogen and oxygen atoms in total. The molecular weight excluding hydrogens is 132 g/mol. The van der Waals surface area contributed by atoms with Gasteiger partial charge < -0.3 is 0 Å². The summed E-state index contributed by atoms with van der Waals surface area (Å²) in [7, 11) is 0. The minimum absolute atomic E-state index is 1.94. The molecule has 0 aromatic carbocycles. The summed E-state index contributed by atoms with van der Waals surface area (Å²) in [5.41, 5.74) is 0. The third-order valence-electron chi connectivity index (χ3n) is 0.229. The van der Waals surface area contributed by atoms with Crippen molar-refractivity contribution >= 4 is 28.8 Å². The van der Waals surface area contributed by atoms with E-state index in [1.54, 1.807) is 0 Å². The lowest BCUT2D eigenvalue weighted by molar-refractivity contribution is 0.468. The SMILES string of the molecule is Cl[P+]1(Cl)NO1. The van der Waals surface area contributed by atoms with Crippen molar-refractivity contribution in [1.29, 1.82) is 0 Å². The second-order valence-electron chi connectivity index (χ2n) is 0.645. The van der Waals surface area contributed by atoms with Gasteiger partial charge in [-0.25, -0.2) is 0 Å². The van der Waals surface area contributed by atoms with Gasteiger partial charge in [-0.2, -0.15) is 0 Å². The van der Waals surface area contributed by atoms with Gasteiger partial charge in [0, 0.05) is 5.25 Å². The predicted octanol–water partition coefficient (Wildman–Crippen LogP) is 1.68. The zero-order chi connectivity index (χ0) is 3.91. The molecule has 0 unspecified atom stereocenters. The molecule has 0 atom stereocenters. The van der Waals surface area contributed by atoms with Crippen molar-refractivity contribution in [2.45, 2.75) is 0 Å². The van der Waals surface area contributed by atoms with Crippen LogP contribution in [-0.2, 0) is 4.62 Å². The Morgan fingerprint density at radius 2 is 1.80 bits per heavy atom. The van der Waals surface area contributed by atoms with Crippen LogP contribution in [0.5, 0.6) is 0 Å². The summed E-state index contributed by atoms with van der Waals surface area (Å²) in [5.74, 6) is 0. The van der Waals surface area contributed by atoms with E-state index in [1.165, 1.54) is 0 Å². The van der Waals surface area contributed by atoms with Crippen LogP contribution >= 0.6 is 28.8 Å². The molecule has 0 aromatic heterocycles. The Labute approximate surface area is 39.4 Å². The van der Waals surface area contributed by atoms with Crippen LogP contribution in [0.3, 0.4) is 0 Å². The highest BCUT2D eigenvalue weighted by atomic mass is 35.9. The maximum absolute atomic E-state index is 5.18. The van der Waals surface area contributed by atoms with Crippen molar-refractivity contribution in [2.24, 2.45) is 0 Å². The summed E-state index contributed by atoms with van der Waals surface area (Å²) in [6.07, 6.45) is -1.94. The number of halogens is 2. The van der Waals surface area contributed by atoms with Crippen molar-refractivity contribution in [3.05, 3.63) is 0 Å². The van der Waals surface area contributed by atoms with E-state index >= 15 is 0 Å². The van der Waals surface area contributed by atoms with Gasteiger partial charge in [-0.15, -0.1) is 0 Å². The van der Waals surface area contributed by atoms with E-state index in [0.29, 0.717) is 0 Å². The molecule has 5 heteroatoms. The fourth-order valence-corrected chi connectivity index (χ4v) is 0.833. The first-order valence-corrected chi connectivity index (χ1v) is 4.47. The van der Waals surface area contributed by atoms with E-state index < -0.39 is 6.35 Å². The van der Waals surface area contributed by atoms with Crippen LogP contribution in [0.15, 0.2) is 0 Å². The molecule has 1 heterocycles. The summed E-state index contributed by atoms with van der Waals surface area (Å²) >= 11 is 10.4. The Balaban J connectivity index is 2.38. The number of nitrogens with one attached hydrogen (secondary N) is 1. The van der Waals surface area contributed by atoms with E-state index in [1.807, 2.05) is 0 Å². The van der Waals surface area contributed by atoms with Crippen molar-refractivity contribution in [3.8, 4) is 0 Å². The van der Waals surface area contributed by atoms with Gasteiger partial charge in [0.2, 0.25) is 0 Å². The average molecular weight is 133 g/mol. The van der Waals surface area contributed by atoms with Crippen LogP contribution in [0.1, 0.15) is 0 Å². The van der Waals surface area contributed by atoms with E-state index in [0.717, 1.165) is 0 Å². The number of hydrogen-bond donors (Lipinski definition) is 1. The monoisotopic (exact) mass is 132 g/mol. The van der Waals surface area contributed by atoms with Crippen LogP contribution in [0.2, 0.25) is 0 Å². The molecule has 1 N–H and O–H groups in total. The first-order valence-electron chi connectivity index (χ1n) is 0.948. The molecule has 5 heavy (non-hydrogen) atoms. The van der Waals surface area contributed by atoms with Gasteiger partial charge in [-0.05, 0) is 0 Å². The molecule has 0 aromatic rings. The van der Waals surface area contributed by atoms with E-state index in [9.17, 15) is 0 Å². The minimum Gasteiger partial charge on any atom is -0.0532 e. The molecule has 0 saturated carbocycles. The summed E-state index contributed by atoms with van der Waals surface area (Å²) in [4.78, 5) is 0. The second-order valence-corrected chi connectivity index (χ2v) is 5.31. The van der Waals surface area contributed by atoms with Crippen molar-refractivity contribution in [3.63, 3.8) is 0 Å². The predicted molar refractivity (Wildman–Crippen MR) is 22.8 cm³/mol. The largest absolute Gasteiger partial charge is 0.467 e.